The molecule has 0 aliphatic heterocycles. The van der Waals surface area contributed by atoms with Crippen LogP contribution >= 0.6 is 0 Å². The lowest BCUT2D eigenvalue weighted by Gasteiger charge is -2.04. The molecule has 2 aromatic carbocycles. The molecule has 0 saturated carbocycles. The molecule has 8 heteroatoms. The average Bonchev–Trinajstić information content (AvgIpc) is 2.98. The first-order chi connectivity index (χ1) is 12.5. The molecule has 0 aliphatic carbocycles. The largest absolute Gasteiger partial charge is 0.484 e. The Hall–Kier alpha value is -3.81. The van der Waals surface area contributed by atoms with Crippen LogP contribution in [0.3, 0.4) is 0 Å². The summed E-state index contributed by atoms with van der Waals surface area (Å²) in [5, 5.41) is 2.72. The molecule has 26 heavy (non-hydrogen) atoms. The Kier molecular flexibility index (Phi) is 4.84. The van der Waals surface area contributed by atoms with Crippen molar-refractivity contribution in [2.45, 2.75) is 0 Å². The molecule has 0 spiro atoms. The van der Waals surface area contributed by atoms with Crippen molar-refractivity contribution in [3.63, 3.8) is 0 Å². The Bertz CT molecular complexity index is 1030. The Morgan fingerprint density at radius 1 is 1.08 bits per heavy atom. The zero-order chi connectivity index (χ0) is 18.5. The van der Waals surface area contributed by atoms with Crippen LogP contribution in [0.2, 0.25) is 0 Å². The summed E-state index contributed by atoms with van der Waals surface area (Å²) in [6, 6.07) is 11.9. The van der Waals surface area contributed by atoms with E-state index in [2.05, 4.69) is 15.3 Å². The van der Waals surface area contributed by atoms with Crippen molar-refractivity contribution in [2.75, 3.05) is 11.9 Å². The second-order valence-corrected chi connectivity index (χ2v) is 5.49. The summed E-state index contributed by atoms with van der Waals surface area (Å²) in [4.78, 5) is 39.2. The van der Waals surface area contributed by atoms with Gasteiger partial charge in [-0.2, -0.15) is 0 Å². The number of rotatable bonds is 6. The number of benzene rings is 2. The molecule has 0 unspecified atom stereocenters. The van der Waals surface area contributed by atoms with Gasteiger partial charge in [0.1, 0.15) is 5.75 Å². The molecule has 0 fully saturated rings. The second kappa shape index (κ2) is 7.39. The number of carbonyl (C=O) groups is 2. The lowest BCUT2D eigenvalue weighted by atomic mass is 10.2. The normalized spacial score (nSPS) is 10.9. The molecule has 2 amide bonds. The van der Waals surface area contributed by atoms with Crippen LogP contribution in [0, 0.1) is 0 Å². The highest BCUT2D eigenvalue weighted by molar-refractivity contribution is 6.02. The van der Waals surface area contributed by atoms with E-state index >= 15 is 0 Å². The number of H-pyrrole nitrogens is 2. The number of nitrogens with one attached hydrogen (secondary N) is 3. The van der Waals surface area contributed by atoms with Gasteiger partial charge in [-0.3, -0.25) is 9.59 Å². The van der Waals surface area contributed by atoms with E-state index in [0.717, 1.165) is 5.56 Å². The molecule has 0 bridgehead atoms. The minimum Gasteiger partial charge on any atom is -0.484 e. The number of primary amides is 1. The van der Waals surface area contributed by atoms with Crippen LogP contribution in [-0.2, 0) is 9.59 Å². The van der Waals surface area contributed by atoms with Crippen molar-refractivity contribution < 1.29 is 14.3 Å². The third kappa shape index (κ3) is 4.38. The van der Waals surface area contributed by atoms with Crippen molar-refractivity contribution in [1.82, 2.24) is 9.97 Å². The van der Waals surface area contributed by atoms with Gasteiger partial charge in [0.25, 0.3) is 5.91 Å². The van der Waals surface area contributed by atoms with Gasteiger partial charge in [0, 0.05) is 11.8 Å². The Balaban J connectivity index is 1.61. The smallest absolute Gasteiger partial charge is 0.323 e. The molecule has 1 aromatic heterocycles. The number of hydrogen-bond donors (Lipinski definition) is 4. The van der Waals surface area contributed by atoms with E-state index in [4.69, 9.17) is 10.5 Å². The highest BCUT2D eigenvalue weighted by Gasteiger charge is 2.02. The molecule has 3 rings (SSSR count). The SMILES string of the molecule is NC(=O)COc1ccc(/C=C/C(=O)Nc2ccc3[nH]c(=O)[nH]c3c2)cc1. The standard InChI is InChI=1S/C18H16N4O4/c19-16(23)10-26-13-5-1-11(2-6-13)3-8-17(24)20-12-4-7-14-15(9-12)22-18(25)21-14/h1-9H,10H2,(H2,19,23)(H,20,24)(H2,21,22,25)/b8-3+. The lowest BCUT2D eigenvalue weighted by Crippen LogP contribution is -2.19. The van der Waals surface area contributed by atoms with Crippen molar-refractivity contribution in [3.05, 3.63) is 64.6 Å². The van der Waals surface area contributed by atoms with Gasteiger partial charge in [-0.1, -0.05) is 12.1 Å². The zero-order valence-electron chi connectivity index (χ0n) is 13.6. The molecule has 0 radical (unpaired) electrons. The van der Waals surface area contributed by atoms with Gasteiger partial charge < -0.3 is 25.8 Å². The number of hydrogen-bond acceptors (Lipinski definition) is 4. The lowest BCUT2D eigenvalue weighted by molar-refractivity contribution is -0.120. The summed E-state index contributed by atoms with van der Waals surface area (Å²) < 4.78 is 5.16. The summed E-state index contributed by atoms with van der Waals surface area (Å²) >= 11 is 0. The molecule has 3 aromatic rings. The molecular formula is C18H16N4O4. The van der Waals surface area contributed by atoms with Crippen molar-refractivity contribution in [3.8, 4) is 5.75 Å². The fraction of sp³-hybridized carbons (Fsp3) is 0.0556. The summed E-state index contributed by atoms with van der Waals surface area (Å²) in [5.41, 5.74) is 7.35. The third-order valence-corrected chi connectivity index (χ3v) is 3.47. The minimum absolute atomic E-state index is 0.186. The van der Waals surface area contributed by atoms with Gasteiger partial charge in [-0.25, -0.2) is 4.79 Å². The number of nitrogens with two attached hydrogens (primary N) is 1. The Morgan fingerprint density at radius 2 is 1.81 bits per heavy atom. The van der Waals surface area contributed by atoms with Crippen LogP contribution in [0.4, 0.5) is 5.69 Å². The predicted molar refractivity (Wildman–Crippen MR) is 97.7 cm³/mol. The van der Waals surface area contributed by atoms with Crippen LogP contribution in [0.25, 0.3) is 17.1 Å². The maximum atomic E-state index is 12.0. The second-order valence-electron chi connectivity index (χ2n) is 5.49. The number of imidazole rings is 1. The average molecular weight is 352 g/mol. The van der Waals surface area contributed by atoms with Gasteiger partial charge in [-0.15, -0.1) is 0 Å². The Morgan fingerprint density at radius 3 is 2.54 bits per heavy atom. The van der Waals surface area contributed by atoms with Crippen LogP contribution < -0.4 is 21.5 Å². The van der Waals surface area contributed by atoms with Gasteiger partial charge >= 0.3 is 5.69 Å². The van der Waals surface area contributed by atoms with E-state index in [1.165, 1.54) is 6.08 Å². The van der Waals surface area contributed by atoms with Gasteiger partial charge in [-0.05, 0) is 42.0 Å². The number of carbonyl (C=O) groups excluding carboxylic acids is 2. The van der Waals surface area contributed by atoms with Crippen LogP contribution in [-0.4, -0.2) is 28.4 Å². The summed E-state index contributed by atoms with van der Waals surface area (Å²) in [6.07, 6.45) is 3.03. The molecule has 132 valence electrons. The summed E-state index contributed by atoms with van der Waals surface area (Å²) in [7, 11) is 0. The van der Waals surface area contributed by atoms with Crippen molar-refractivity contribution >= 4 is 34.6 Å². The minimum atomic E-state index is -0.549. The van der Waals surface area contributed by atoms with Crippen molar-refractivity contribution in [2.24, 2.45) is 5.73 Å². The molecule has 0 saturated heterocycles. The van der Waals surface area contributed by atoms with Crippen LogP contribution in [0.1, 0.15) is 5.56 Å². The fourth-order valence-electron chi connectivity index (χ4n) is 2.30. The fourth-order valence-corrected chi connectivity index (χ4v) is 2.30. The molecule has 0 aliphatic rings. The number of aromatic nitrogens is 2. The van der Waals surface area contributed by atoms with E-state index in [9.17, 15) is 14.4 Å². The molecular weight excluding hydrogens is 336 g/mol. The zero-order valence-corrected chi connectivity index (χ0v) is 13.6. The number of anilines is 1. The van der Waals surface area contributed by atoms with E-state index in [1.54, 1.807) is 48.5 Å². The first-order valence-electron chi connectivity index (χ1n) is 7.72. The third-order valence-electron chi connectivity index (χ3n) is 3.47. The highest BCUT2D eigenvalue weighted by atomic mass is 16.5. The summed E-state index contributed by atoms with van der Waals surface area (Å²) in [6.45, 7) is -0.186. The number of aromatic amines is 2. The monoisotopic (exact) mass is 352 g/mol. The summed E-state index contributed by atoms with van der Waals surface area (Å²) in [5.74, 6) is -0.344. The van der Waals surface area contributed by atoms with Gasteiger partial charge in [0.2, 0.25) is 5.91 Å². The first-order valence-corrected chi connectivity index (χ1v) is 7.72. The first kappa shape index (κ1) is 17.0. The van der Waals surface area contributed by atoms with E-state index in [0.29, 0.717) is 22.5 Å². The topological polar surface area (TPSA) is 130 Å². The van der Waals surface area contributed by atoms with Crippen molar-refractivity contribution in [1.29, 1.82) is 0 Å². The molecule has 5 N–H and O–H groups in total. The van der Waals surface area contributed by atoms with E-state index in [1.807, 2.05) is 0 Å². The predicted octanol–water partition coefficient (Wildman–Crippen LogP) is 1.37. The van der Waals surface area contributed by atoms with Crippen LogP contribution in [0.5, 0.6) is 5.75 Å². The molecule has 0 atom stereocenters. The van der Waals surface area contributed by atoms with E-state index in [-0.39, 0.29) is 18.2 Å². The van der Waals surface area contributed by atoms with Crippen LogP contribution in [0.15, 0.2) is 53.3 Å². The molecule has 1 heterocycles. The maximum Gasteiger partial charge on any atom is 0.323 e. The number of ether oxygens (including phenoxy) is 1. The van der Waals surface area contributed by atoms with E-state index < -0.39 is 5.91 Å². The maximum absolute atomic E-state index is 12.0. The van der Waals surface area contributed by atoms with Gasteiger partial charge in [0.05, 0.1) is 11.0 Å². The van der Waals surface area contributed by atoms with Gasteiger partial charge in [0.15, 0.2) is 6.61 Å². The highest BCUT2D eigenvalue weighted by Crippen LogP contribution is 2.15. The number of amides is 2. The Labute approximate surface area is 147 Å². The molecule has 8 nitrogen and oxygen atoms in total. The number of fused-ring (bicyclic) bond motifs is 1. The quantitative estimate of drug-likeness (QED) is 0.499.